The lowest BCUT2D eigenvalue weighted by Gasteiger charge is -2.21. The van der Waals surface area contributed by atoms with E-state index in [2.05, 4.69) is 10.3 Å². The van der Waals surface area contributed by atoms with E-state index in [9.17, 15) is 18.4 Å². The number of halogens is 2. The van der Waals surface area contributed by atoms with Gasteiger partial charge in [0.05, 0.1) is 5.69 Å². The maximum Gasteiger partial charge on any atom is 0.240 e. The molecule has 0 fully saturated rings. The van der Waals surface area contributed by atoms with Gasteiger partial charge in [-0.2, -0.15) is 0 Å². The number of hydrogen-bond donors (Lipinski definition) is 1. The highest BCUT2D eigenvalue weighted by molar-refractivity contribution is 5.97. The number of hydrogen-bond acceptors (Lipinski definition) is 3. The first-order valence-electron chi connectivity index (χ1n) is 6.86. The molecule has 1 aromatic heterocycles. The summed E-state index contributed by atoms with van der Waals surface area (Å²) in [4.78, 5) is 28.5. The second kappa shape index (κ2) is 7.44. The van der Waals surface area contributed by atoms with Crippen molar-refractivity contribution < 1.29 is 18.4 Å². The summed E-state index contributed by atoms with van der Waals surface area (Å²) < 4.78 is 26.7. The SMILES string of the molecule is CC(=O)N(CC(=O)NCc1cccnc1)c1ccc(F)cc1F. The molecule has 0 spiro atoms. The van der Waals surface area contributed by atoms with E-state index in [1.807, 2.05) is 0 Å². The van der Waals surface area contributed by atoms with Crippen molar-refractivity contribution in [3.8, 4) is 0 Å². The lowest BCUT2D eigenvalue weighted by atomic mass is 10.2. The summed E-state index contributed by atoms with van der Waals surface area (Å²) in [5, 5.41) is 2.62. The molecule has 0 aliphatic heterocycles. The Morgan fingerprint density at radius 2 is 2.04 bits per heavy atom. The Kier molecular flexibility index (Phi) is 5.35. The molecule has 1 heterocycles. The molecule has 2 rings (SSSR count). The summed E-state index contributed by atoms with van der Waals surface area (Å²) in [5.74, 6) is -2.64. The van der Waals surface area contributed by atoms with E-state index in [-0.39, 0.29) is 18.8 Å². The molecule has 0 saturated heterocycles. The topological polar surface area (TPSA) is 62.3 Å². The summed E-state index contributed by atoms with van der Waals surface area (Å²) in [5.41, 5.74) is 0.651. The Labute approximate surface area is 131 Å². The first kappa shape index (κ1) is 16.5. The fraction of sp³-hybridized carbons (Fsp3) is 0.188. The number of carbonyl (C=O) groups is 2. The Hall–Kier alpha value is -2.83. The van der Waals surface area contributed by atoms with Crippen LogP contribution in [0.25, 0.3) is 0 Å². The van der Waals surface area contributed by atoms with Gasteiger partial charge in [0, 0.05) is 31.9 Å². The molecule has 0 aliphatic carbocycles. The van der Waals surface area contributed by atoms with Crippen molar-refractivity contribution in [3.05, 3.63) is 59.9 Å². The van der Waals surface area contributed by atoms with Crippen molar-refractivity contribution in [2.75, 3.05) is 11.4 Å². The number of benzene rings is 1. The minimum absolute atomic E-state index is 0.143. The van der Waals surface area contributed by atoms with Gasteiger partial charge in [0.1, 0.15) is 18.2 Å². The van der Waals surface area contributed by atoms with E-state index >= 15 is 0 Å². The predicted molar refractivity (Wildman–Crippen MR) is 80.5 cm³/mol. The molecule has 0 aliphatic rings. The van der Waals surface area contributed by atoms with Gasteiger partial charge in [0.15, 0.2) is 0 Å². The van der Waals surface area contributed by atoms with Gasteiger partial charge < -0.3 is 10.2 Å². The summed E-state index contributed by atoms with van der Waals surface area (Å²) >= 11 is 0. The third-order valence-electron chi connectivity index (χ3n) is 3.09. The molecule has 7 heteroatoms. The van der Waals surface area contributed by atoms with Crippen LogP contribution in [0.1, 0.15) is 12.5 Å². The molecule has 0 unspecified atom stereocenters. The minimum Gasteiger partial charge on any atom is -0.350 e. The predicted octanol–water partition coefficient (Wildman–Crippen LogP) is 2.03. The number of nitrogens with one attached hydrogen (secondary N) is 1. The molecule has 0 atom stereocenters. The molecular formula is C16H15F2N3O2. The summed E-state index contributed by atoms with van der Waals surface area (Å²) in [6, 6.07) is 6.34. The Morgan fingerprint density at radius 3 is 2.65 bits per heavy atom. The number of aromatic nitrogens is 1. The van der Waals surface area contributed by atoms with Crippen molar-refractivity contribution in [1.29, 1.82) is 0 Å². The quantitative estimate of drug-likeness (QED) is 0.917. The molecular weight excluding hydrogens is 304 g/mol. The van der Waals surface area contributed by atoms with Crippen LogP contribution in [0.15, 0.2) is 42.7 Å². The number of amides is 2. The van der Waals surface area contributed by atoms with E-state index in [1.54, 1.807) is 24.5 Å². The van der Waals surface area contributed by atoms with Crippen molar-refractivity contribution in [1.82, 2.24) is 10.3 Å². The zero-order chi connectivity index (χ0) is 16.8. The standard InChI is InChI=1S/C16H15F2N3O2/c1-11(22)21(15-5-4-13(17)7-14(15)18)10-16(23)20-9-12-3-2-6-19-8-12/h2-8H,9-10H2,1H3,(H,20,23). The average Bonchev–Trinajstić information content (AvgIpc) is 2.52. The lowest BCUT2D eigenvalue weighted by molar-refractivity contribution is -0.123. The highest BCUT2D eigenvalue weighted by atomic mass is 19.1. The summed E-state index contributed by atoms with van der Waals surface area (Å²) in [7, 11) is 0. The maximum absolute atomic E-state index is 13.8. The van der Waals surface area contributed by atoms with Crippen LogP contribution in [0.5, 0.6) is 0 Å². The van der Waals surface area contributed by atoms with E-state index < -0.39 is 23.4 Å². The van der Waals surface area contributed by atoms with Crippen LogP contribution >= 0.6 is 0 Å². The molecule has 2 aromatic rings. The largest absolute Gasteiger partial charge is 0.350 e. The highest BCUT2D eigenvalue weighted by Gasteiger charge is 2.19. The Balaban J connectivity index is 2.04. The van der Waals surface area contributed by atoms with Gasteiger partial charge in [0.25, 0.3) is 0 Å². The number of pyridine rings is 1. The molecule has 2 amide bonds. The second-order valence-electron chi connectivity index (χ2n) is 4.84. The number of carbonyl (C=O) groups excluding carboxylic acids is 2. The molecule has 1 aromatic carbocycles. The lowest BCUT2D eigenvalue weighted by Crippen LogP contribution is -2.40. The second-order valence-corrected chi connectivity index (χ2v) is 4.84. The molecule has 23 heavy (non-hydrogen) atoms. The molecule has 5 nitrogen and oxygen atoms in total. The van der Waals surface area contributed by atoms with Gasteiger partial charge in [-0.3, -0.25) is 14.6 Å². The minimum atomic E-state index is -0.903. The van der Waals surface area contributed by atoms with E-state index in [0.717, 1.165) is 22.6 Å². The molecule has 0 radical (unpaired) electrons. The van der Waals surface area contributed by atoms with Gasteiger partial charge in [0.2, 0.25) is 11.8 Å². The number of anilines is 1. The van der Waals surface area contributed by atoms with Crippen LogP contribution in [0.2, 0.25) is 0 Å². The molecule has 120 valence electrons. The van der Waals surface area contributed by atoms with Gasteiger partial charge >= 0.3 is 0 Å². The van der Waals surface area contributed by atoms with Gasteiger partial charge in [-0.1, -0.05) is 6.07 Å². The Morgan fingerprint density at radius 1 is 1.26 bits per heavy atom. The van der Waals surface area contributed by atoms with Crippen LogP contribution in [0.3, 0.4) is 0 Å². The maximum atomic E-state index is 13.8. The molecule has 0 bridgehead atoms. The van der Waals surface area contributed by atoms with Gasteiger partial charge in [-0.25, -0.2) is 8.78 Å². The fourth-order valence-corrected chi connectivity index (χ4v) is 1.97. The smallest absolute Gasteiger partial charge is 0.240 e. The first-order valence-corrected chi connectivity index (χ1v) is 6.86. The van der Waals surface area contributed by atoms with Crippen molar-refractivity contribution in [2.45, 2.75) is 13.5 Å². The zero-order valence-electron chi connectivity index (χ0n) is 12.4. The fourth-order valence-electron chi connectivity index (χ4n) is 1.97. The monoisotopic (exact) mass is 319 g/mol. The van der Waals surface area contributed by atoms with Crippen LogP contribution < -0.4 is 10.2 Å². The van der Waals surface area contributed by atoms with Crippen LogP contribution in [-0.2, 0) is 16.1 Å². The van der Waals surface area contributed by atoms with E-state index in [0.29, 0.717) is 6.07 Å². The van der Waals surface area contributed by atoms with Crippen LogP contribution in [0.4, 0.5) is 14.5 Å². The van der Waals surface area contributed by atoms with Crippen LogP contribution in [0, 0.1) is 11.6 Å². The number of rotatable bonds is 5. The average molecular weight is 319 g/mol. The van der Waals surface area contributed by atoms with Crippen molar-refractivity contribution in [2.24, 2.45) is 0 Å². The summed E-state index contributed by atoms with van der Waals surface area (Å²) in [6.07, 6.45) is 3.21. The zero-order valence-corrected chi connectivity index (χ0v) is 12.4. The summed E-state index contributed by atoms with van der Waals surface area (Å²) in [6.45, 7) is 1.08. The Bertz CT molecular complexity index is 708. The number of nitrogens with zero attached hydrogens (tertiary/aromatic N) is 2. The third-order valence-corrected chi connectivity index (χ3v) is 3.09. The van der Waals surface area contributed by atoms with Crippen molar-refractivity contribution in [3.63, 3.8) is 0 Å². The first-order chi connectivity index (χ1) is 11.0. The molecule has 1 N–H and O–H groups in total. The normalized spacial score (nSPS) is 10.2. The third kappa shape index (κ3) is 4.57. The van der Waals surface area contributed by atoms with E-state index in [1.165, 1.54) is 6.92 Å². The van der Waals surface area contributed by atoms with Gasteiger partial charge in [-0.05, 0) is 23.8 Å². The highest BCUT2D eigenvalue weighted by Crippen LogP contribution is 2.20. The van der Waals surface area contributed by atoms with E-state index in [4.69, 9.17) is 0 Å². The molecule has 0 saturated carbocycles. The van der Waals surface area contributed by atoms with Gasteiger partial charge in [-0.15, -0.1) is 0 Å². The van der Waals surface area contributed by atoms with Crippen molar-refractivity contribution >= 4 is 17.5 Å². The van der Waals surface area contributed by atoms with Crippen LogP contribution in [-0.4, -0.2) is 23.3 Å².